The maximum Gasteiger partial charge on any atom is 0.336 e. The normalized spacial score (nSPS) is 17.7. The van der Waals surface area contributed by atoms with Gasteiger partial charge in [0.05, 0.1) is 10.5 Å². The van der Waals surface area contributed by atoms with Crippen LogP contribution in [0, 0.1) is 10.1 Å². The summed E-state index contributed by atoms with van der Waals surface area (Å²) >= 11 is 0. The number of fused-ring (bicyclic) bond motifs is 1. The minimum absolute atomic E-state index is 0.0569. The van der Waals surface area contributed by atoms with Gasteiger partial charge in [-0.1, -0.05) is 0 Å². The van der Waals surface area contributed by atoms with Crippen LogP contribution < -0.4 is 4.74 Å². The molecule has 0 aromatic heterocycles. The SMILES string of the molecule is O=C(O)c1ccc([N+](=O)[O-])c2c1CC(O)O2. The monoisotopic (exact) mass is 225 g/mol. The summed E-state index contributed by atoms with van der Waals surface area (Å²) in [5.74, 6) is -1.36. The summed E-state index contributed by atoms with van der Waals surface area (Å²) < 4.78 is 4.84. The van der Waals surface area contributed by atoms with Crippen molar-refractivity contribution in [3.05, 3.63) is 33.4 Å². The van der Waals surface area contributed by atoms with Gasteiger partial charge in [-0.2, -0.15) is 0 Å². The number of carbonyl (C=O) groups is 1. The molecule has 7 heteroatoms. The molecule has 1 aliphatic rings. The zero-order valence-electron chi connectivity index (χ0n) is 7.91. The third-order valence-electron chi connectivity index (χ3n) is 2.30. The Morgan fingerprint density at radius 1 is 1.56 bits per heavy atom. The number of aliphatic hydroxyl groups is 1. The molecule has 84 valence electrons. The number of benzene rings is 1. The van der Waals surface area contributed by atoms with Gasteiger partial charge in [0.1, 0.15) is 0 Å². The lowest BCUT2D eigenvalue weighted by atomic mass is 10.0. The highest BCUT2D eigenvalue weighted by molar-refractivity contribution is 5.91. The van der Waals surface area contributed by atoms with Gasteiger partial charge in [0.25, 0.3) is 0 Å². The Morgan fingerprint density at radius 2 is 2.25 bits per heavy atom. The lowest BCUT2D eigenvalue weighted by Gasteiger charge is -2.03. The van der Waals surface area contributed by atoms with E-state index < -0.39 is 17.2 Å². The number of hydrogen-bond acceptors (Lipinski definition) is 5. The van der Waals surface area contributed by atoms with E-state index in [1.165, 1.54) is 0 Å². The molecular weight excluding hydrogens is 218 g/mol. The topological polar surface area (TPSA) is 110 Å². The number of ether oxygens (including phenoxy) is 1. The van der Waals surface area contributed by atoms with Crippen molar-refractivity contribution >= 4 is 11.7 Å². The van der Waals surface area contributed by atoms with E-state index in [0.717, 1.165) is 12.1 Å². The highest BCUT2D eigenvalue weighted by atomic mass is 16.6. The fraction of sp³-hybridized carbons (Fsp3) is 0.222. The van der Waals surface area contributed by atoms with Gasteiger partial charge in [0, 0.05) is 18.1 Å². The predicted molar refractivity (Wildman–Crippen MR) is 50.4 cm³/mol. The van der Waals surface area contributed by atoms with Crippen LogP contribution in [0.4, 0.5) is 5.69 Å². The highest BCUT2D eigenvalue weighted by Gasteiger charge is 2.33. The van der Waals surface area contributed by atoms with E-state index in [2.05, 4.69) is 0 Å². The first-order valence-corrected chi connectivity index (χ1v) is 4.39. The van der Waals surface area contributed by atoms with Crippen molar-refractivity contribution in [2.24, 2.45) is 0 Å². The zero-order chi connectivity index (χ0) is 11.9. The van der Waals surface area contributed by atoms with Gasteiger partial charge in [0.15, 0.2) is 0 Å². The molecule has 0 fully saturated rings. The Labute approximate surface area is 89.0 Å². The maximum atomic E-state index is 10.8. The molecule has 0 saturated heterocycles. The molecule has 1 unspecified atom stereocenters. The summed E-state index contributed by atoms with van der Waals surface area (Å²) in [6, 6.07) is 2.20. The number of hydrogen-bond donors (Lipinski definition) is 2. The van der Waals surface area contributed by atoms with Crippen molar-refractivity contribution in [3.63, 3.8) is 0 Å². The first kappa shape index (κ1) is 10.4. The second-order valence-electron chi connectivity index (χ2n) is 3.28. The number of aliphatic hydroxyl groups excluding tert-OH is 1. The molecule has 1 atom stereocenters. The molecular formula is C9H7NO6. The molecule has 7 nitrogen and oxygen atoms in total. The molecule has 2 N–H and O–H groups in total. The van der Waals surface area contributed by atoms with Crippen LogP contribution in [0.5, 0.6) is 5.75 Å². The average molecular weight is 225 g/mol. The van der Waals surface area contributed by atoms with Crippen LogP contribution in [0.1, 0.15) is 15.9 Å². The Kier molecular flexibility index (Phi) is 2.24. The van der Waals surface area contributed by atoms with E-state index >= 15 is 0 Å². The van der Waals surface area contributed by atoms with E-state index in [4.69, 9.17) is 9.84 Å². The first-order valence-electron chi connectivity index (χ1n) is 4.39. The fourth-order valence-corrected chi connectivity index (χ4v) is 1.65. The van der Waals surface area contributed by atoms with Crippen molar-refractivity contribution in [1.29, 1.82) is 0 Å². The van der Waals surface area contributed by atoms with E-state index in [1.807, 2.05) is 0 Å². The zero-order valence-corrected chi connectivity index (χ0v) is 7.91. The number of carboxylic acid groups (broad SMARTS) is 1. The van der Waals surface area contributed by atoms with Gasteiger partial charge in [0.2, 0.25) is 12.0 Å². The van der Waals surface area contributed by atoms with Crippen molar-refractivity contribution in [1.82, 2.24) is 0 Å². The summed E-state index contributed by atoms with van der Waals surface area (Å²) in [7, 11) is 0. The summed E-state index contributed by atoms with van der Waals surface area (Å²) in [5, 5.41) is 28.7. The fourth-order valence-electron chi connectivity index (χ4n) is 1.65. The smallest absolute Gasteiger partial charge is 0.336 e. The number of nitrogens with zero attached hydrogens (tertiary/aromatic N) is 1. The van der Waals surface area contributed by atoms with E-state index in [1.54, 1.807) is 0 Å². The number of nitro groups is 1. The summed E-state index contributed by atoms with van der Waals surface area (Å²) in [6.45, 7) is 0. The van der Waals surface area contributed by atoms with Crippen molar-refractivity contribution < 1.29 is 24.7 Å². The molecule has 1 aromatic carbocycles. The molecule has 0 aliphatic carbocycles. The Bertz CT molecular complexity index is 440. The molecule has 16 heavy (non-hydrogen) atoms. The van der Waals surface area contributed by atoms with E-state index in [9.17, 15) is 20.0 Å². The second kappa shape index (κ2) is 3.46. The Hall–Kier alpha value is -2.15. The van der Waals surface area contributed by atoms with Gasteiger partial charge in [-0.3, -0.25) is 10.1 Å². The van der Waals surface area contributed by atoms with Gasteiger partial charge in [-0.05, 0) is 6.07 Å². The standard InChI is InChI=1S/C9H7NO6/c11-7-3-5-4(9(12)13)1-2-6(10(14)15)8(5)16-7/h1-2,7,11H,3H2,(H,12,13). The van der Waals surface area contributed by atoms with Crippen LogP contribution >= 0.6 is 0 Å². The minimum Gasteiger partial charge on any atom is -0.478 e. The van der Waals surface area contributed by atoms with Gasteiger partial charge in [-0.15, -0.1) is 0 Å². The molecule has 1 aromatic rings. The van der Waals surface area contributed by atoms with Crippen LogP contribution in [0.25, 0.3) is 0 Å². The Balaban J connectivity index is 2.63. The lowest BCUT2D eigenvalue weighted by Crippen LogP contribution is -2.10. The molecule has 1 aliphatic heterocycles. The summed E-state index contributed by atoms with van der Waals surface area (Å²) in [5.41, 5.74) is -0.261. The maximum absolute atomic E-state index is 10.8. The number of aromatic carboxylic acids is 1. The van der Waals surface area contributed by atoms with Gasteiger partial charge < -0.3 is 14.9 Å². The third-order valence-corrected chi connectivity index (χ3v) is 2.30. The number of nitro benzene ring substituents is 1. The highest BCUT2D eigenvalue weighted by Crippen LogP contribution is 2.39. The van der Waals surface area contributed by atoms with Crippen molar-refractivity contribution in [2.75, 3.05) is 0 Å². The van der Waals surface area contributed by atoms with Gasteiger partial charge >= 0.3 is 11.7 Å². The van der Waals surface area contributed by atoms with Crippen LogP contribution in [-0.2, 0) is 6.42 Å². The summed E-state index contributed by atoms with van der Waals surface area (Å²) in [6.07, 6.45) is -1.28. The van der Waals surface area contributed by atoms with Crippen molar-refractivity contribution in [2.45, 2.75) is 12.7 Å². The van der Waals surface area contributed by atoms with E-state index in [0.29, 0.717) is 0 Å². The molecule has 1 heterocycles. The average Bonchev–Trinajstić information content (AvgIpc) is 2.56. The summed E-state index contributed by atoms with van der Waals surface area (Å²) in [4.78, 5) is 20.8. The van der Waals surface area contributed by atoms with Crippen LogP contribution in [0.3, 0.4) is 0 Å². The minimum atomic E-state index is -1.23. The van der Waals surface area contributed by atoms with Gasteiger partial charge in [-0.25, -0.2) is 4.79 Å². The number of carboxylic acids is 1. The Morgan fingerprint density at radius 3 is 2.81 bits per heavy atom. The molecule has 0 amide bonds. The first-order chi connectivity index (χ1) is 7.50. The van der Waals surface area contributed by atoms with Crippen LogP contribution in [0.2, 0.25) is 0 Å². The number of rotatable bonds is 2. The predicted octanol–water partition coefficient (Wildman–Crippen LogP) is 0.546. The van der Waals surface area contributed by atoms with Crippen LogP contribution in [-0.4, -0.2) is 27.4 Å². The van der Waals surface area contributed by atoms with E-state index in [-0.39, 0.29) is 29.0 Å². The molecule has 0 radical (unpaired) electrons. The second-order valence-corrected chi connectivity index (χ2v) is 3.28. The van der Waals surface area contributed by atoms with Crippen LogP contribution in [0.15, 0.2) is 12.1 Å². The quantitative estimate of drug-likeness (QED) is 0.561. The molecule has 2 rings (SSSR count). The lowest BCUT2D eigenvalue weighted by molar-refractivity contribution is -0.386. The molecule has 0 saturated carbocycles. The largest absolute Gasteiger partial charge is 0.478 e. The molecule has 0 spiro atoms. The molecule has 0 bridgehead atoms. The third kappa shape index (κ3) is 1.47. The van der Waals surface area contributed by atoms with Crippen molar-refractivity contribution in [3.8, 4) is 5.75 Å².